The highest BCUT2D eigenvalue weighted by atomic mass is 16.6. The summed E-state index contributed by atoms with van der Waals surface area (Å²) in [6.45, 7) is 3.30. The molecule has 114 valence electrons. The molecule has 1 amide bonds. The van der Waals surface area contributed by atoms with Gasteiger partial charge < -0.3 is 15.2 Å². The van der Waals surface area contributed by atoms with Crippen LogP contribution in [0.1, 0.15) is 30.1 Å². The Balaban J connectivity index is 2.06. The van der Waals surface area contributed by atoms with Gasteiger partial charge in [-0.2, -0.15) is 0 Å². The molecule has 0 saturated carbocycles. The number of carbonyl (C=O) groups excluding carboxylic acids is 1. The predicted molar refractivity (Wildman–Crippen MR) is 75.2 cm³/mol. The molecule has 0 bridgehead atoms. The summed E-state index contributed by atoms with van der Waals surface area (Å²) in [6.07, 6.45) is 1.77. The molecule has 1 unspecified atom stereocenters. The lowest BCUT2D eigenvalue weighted by Crippen LogP contribution is -2.40. The Morgan fingerprint density at radius 1 is 1.48 bits per heavy atom. The van der Waals surface area contributed by atoms with Crippen LogP contribution < -0.4 is 5.32 Å². The van der Waals surface area contributed by atoms with Crippen LogP contribution in [-0.2, 0) is 4.74 Å². The molecule has 1 fully saturated rings. The topological polar surface area (TPSA) is 102 Å². The number of phenols is 1. The zero-order valence-electron chi connectivity index (χ0n) is 11.7. The largest absolute Gasteiger partial charge is 0.502 e. The molecular weight excluding hydrogens is 276 g/mol. The first-order valence-corrected chi connectivity index (χ1v) is 6.85. The van der Waals surface area contributed by atoms with Gasteiger partial charge >= 0.3 is 5.69 Å². The number of nitrogens with zero attached hydrogens (tertiary/aromatic N) is 1. The zero-order chi connectivity index (χ0) is 15.4. The van der Waals surface area contributed by atoms with E-state index in [1.807, 2.05) is 6.92 Å². The monoisotopic (exact) mass is 294 g/mol. The fourth-order valence-electron chi connectivity index (χ4n) is 2.43. The standard InChI is InChI=1S/C14H18N2O5/c1-9(10-4-6-21-7-5-10)15-14(18)11-2-3-13(17)12(8-11)16(19)20/h2-3,8-10,17H,4-7H2,1H3,(H,15,18). The van der Waals surface area contributed by atoms with E-state index in [4.69, 9.17) is 4.74 Å². The number of hydrogen-bond acceptors (Lipinski definition) is 5. The van der Waals surface area contributed by atoms with E-state index in [1.165, 1.54) is 6.07 Å². The van der Waals surface area contributed by atoms with Crippen molar-refractivity contribution in [1.82, 2.24) is 5.32 Å². The molecule has 1 saturated heterocycles. The molecule has 1 atom stereocenters. The molecule has 1 aromatic rings. The number of nitro benzene ring substituents is 1. The highest BCUT2D eigenvalue weighted by Gasteiger charge is 2.23. The second-order valence-electron chi connectivity index (χ2n) is 5.17. The van der Waals surface area contributed by atoms with Crippen LogP contribution in [-0.4, -0.2) is 35.2 Å². The summed E-state index contributed by atoms with van der Waals surface area (Å²) < 4.78 is 5.28. The first-order valence-electron chi connectivity index (χ1n) is 6.85. The third-order valence-corrected chi connectivity index (χ3v) is 3.77. The van der Waals surface area contributed by atoms with Gasteiger partial charge in [-0.15, -0.1) is 0 Å². The number of benzene rings is 1. The number of ether oxygens (including phenoxy) is 1. The van der Waals surface area contributed by atoms with Gasteiger partial charge in [-0.05, 0) is 37.8 Å². The molecule has 2 N–H and O–H groups in total. The molecule has 0 radical (unpaired) electrons. The van der Waals surface area contributed by atoms with Crippen LogP contribution in [0.5, 0.6) is 5.75 Å². The molecule has 2 rings (SSSR count). The van der Waals surface area contributed by atoms with Crippen LogP contribution in [0.25, 0.3) is 0 Å². The van der Waals surface area contributed by atoms with Gasteiger partial charge in [0, 0.05) is 30.9 Å². The second kappa shape index (κ2) is 6.53. The zero-order valence-corrected chi connectivity index (χ0v) is 11.7. The number of nitro groups is 1. The Kier molecular flexibility index (Phi) is 4.74. The maximum atomic E-state index is 12.1. The van der Waals surface area contributed by atoms with Gasteiger partial charge in [-0.3, -0.25) is 14.9 Å². The summed E-state index contributed by atoms with van der Waals surface area (Å²) in [7, 11) is 0. The summed E-state index contributed by atoms with van der Waals surface area (Å²) >= 11 is 0. The van der Waals surface area contributed by atoms with Gasteiger partial charge in [0.25, 0.3) is 5.91 Å². The normalized spacial score (nSPS) is 17.2. The van der Waals surface area contributed by atoms with Crippen LogP contribution in [0.15, 0.2) is 18.2 Å². The molecule has 0 aromatic heterocycles. The minimum absolute atomic E-state index is 0.0331. The molecule has 7 nitrogen and oxygen atoms in total. The Labute approximate surface area is 122 Å². The van der Waals surface area contributed by atoms with Crippen molar-refractivity contribution in [3.63, 3.8) is 0 Å². The van der Waals surface area contributed by atoms with Crippen molar-refractivity contribution in [3.8, 4) is 5.75 Å². The summed E-state index contributed by atoms with van der Waals surface area (Å²) in [4.78, 5) is 22.2. The molecule has 0 spiro atoms. The maximum Gasteiger partial charge on any atom is 0.311 e. The SMILES string of the molecule is CC(NC(=O)c1ccc(O)c([N+](=O)[O-])c1)C1CCOCC1. The average Bonchev–Trinajstić information content (AvgIpc) is 2.48. The average molecular weight is 294 g/mol. The molecular formula is C14H18N2O5. The van der Waals surface area contributed by atoms with Crippen LogP contribution >= 0.6 is 0 Å². The Hall–Kier alpha value is -2.15. The summed E-state index contributed by atoms with van der Waals surface area (Å²) in [6, 6.07) is 3.58. The van der Waals surface area contributed by atoms with E-state index < -0.39 is 16.4 Å². The van der Waals surface area contributed by atoms with Gasteiger partial charge in [0.2, 0.25) is 0 Å². The van der Waals surface area contributed by atoms with Crippen LogP contribution in [0.2, 0.25) is 0 Å². The molecule has 21 heavy (non-hydrogen) atoms. The van der Waals surface area contributed by atoms with Gasteiger partial charge in [-0.1, -0.05) is 0 Å². The molecule has 1 heterocycles. The number of aromatic hydroxyl groups is 1. The number of nitrogens with one attached hydrogen (secondary N) is 1. The van der Waals surface area contributed by atoms with Crippen LogP contribution in [0.4, 0.5) is 5.69 Å². The van der Waals surface area contributed by atoms with E-state index in [0.717, 1.165) is 25.0 Å². The van der Waals surface area contributed by atoms with Crippen molar-refractivity contribution >= 4 is 11.6 Å². The minimum Gasteiger partial charge on any atom is -0.502 e. The fraction of sp³-hybridized carbons (Fsp3) is 0.500. The summed E-state index contributed by atoms with van der Waals surface area (Å²) in [5.74, 6) is -0.485. The highest BCUT2D eigenvalue weighted by molar-refractivity contribution is 5.95. The lowest BCUT2D eigenvalue weighted by molar-refractivity contribution is -0.385. The van der Waals surface area contributed by atoms with Gasteiger partial charge in [0.15, 0.2) is 5.75 Å². The van der Waals surface area contributed by atoms with E-state index in [0.29, 0.717) is 19.1 Å². The maximum absolute atomic E-state index is 12.1. The molecule has 1 aliphatic rings. The third kappa shape index (κ3) is 3.69. The number of carbonyl (C=O) groups is 1. The highest BCUT2D eigenvalue weighted by Crippen LogP contribution is 2.26. The van der Waals surface area contributed by atoms with Crippen molar-refractivity contribution < 1.29 is 19.6 Å². The van der Waals surface area contributed by atoms with E-state index in [9.17, 15) is 20.0 Å². The van der Waals surface area contributed by atoms with E-state index in [2.05, 4.69) is 5.32 Å². The number of hydrogen-bond donors (Lipinski definition) is 2. The lowest BCUT2D eigenvalue weighted by atomic mass is 9.93. The Morgan fingerprint density at radius 2 is 2.14 bits per heavy atom. The van der Waals surface area contributed by atoms with Crippen LogP contribution in [0, 0.1) is 16.0 Å². The summed E-state index contributed by atoms with van der Waals surface area (Å²) in [5.41, 5.74) is -0.306. The number of phenolic OH excluding ortho intramolecular Hbond substituents is 1. The number of amides is 1. The van der Waals surface area contributed by atoms with Crippen molar-refractivity contribution in [2.45, 2.75) is 25.8 Å². The smallest absolute Gasteiger partial charge is 0.311 e. The number of rotatable bonds is 4. The van der Waals surface area contributed by atoms with Crippen molar-refractivity contribution in [2.75, 3.05) is 13.2 Å². The Bertz CT molecular complexity index is 540. The van der Waals surface area contributed by atoms with Crippen LogP contribution in [0.3, 0.4) is 0 Å². The van der Waals surface area contributed by atoms with Gasteiger partial charge in [0.05, 0.1) is 4.92 Å². The van der Waals surface area contributed by atoms with Crippen molar-refractivity contribution in [1.29, 1.82) is 0 Å². The van der Waals surface area contributed by atoms with Crippen molar-refractivity contribution in [2.24, 2.45) is 5.92 Å². The predicted octanol–water partition coefficient (Wildman–Crippen LogP) is 1.85. The minimum atomic E-state index is -0.714. The first-order chi connectivity index (χ1) is 9.99. The fourth-order valence-corrected chi connectivity index (χ4v) is 2.43. The lowest BCUT2D eigenvalue weighted by Gasteiger charge is -2.28. The summed E-state index contributed by atoms with van der Waals surface area (Å²) in [5, 5.41) is 23.0. The third-order valence-electron chi connectivity index (χ3n) is 3.77. The second-order valence-corrected chi connectivity index (χ2v) is 5.17. The molecule has 1 aromatic carbocycles. The first kappa shape index (κ1) is 15.2. The Morgan fingerprint density at radius 3 is 2.76 bits per heavy atom. The van der Waals surface area contributed by atoms with E-state index >= 15 is 0 Å². The molecule has 7 heteroatoms. The quantitative estimate of drug-likeness (QED) is 0.651. The molecule has 0 aliphatic carbocycles. The van der Waals surface area contributed by atoms with Crippen molar-refractivity contribution in [3.05, 3.63) is 33.9 Å². The van der Waals surface area contributed by atoms with E-state index in [-0.39, 0.29) is 17.5 Å². The van der Waals surface area contributed by atoms with Gasteiger partial charge in [-0.25, -0.2) is 0 Å². The molecule has 1 aliphatic heterocycles. The van der Waals surface area contributed by atoms with E-state index in [1.54, 1.807) is 0 Å². The van der Waals surface area contributed by atoms with Gasteiger partial charge in [0.1, 0.15) is 0 Å².